The molecule has 0 fully saturated rings. The average Bonchev–Trinajstić information content (AvgIpc) is 2.98. The van der Waals surface area contributed by atoms with Crippen LogP contribution in [0, 0.1) is 0 Å². The molecule has 0 radical (unpaired) electrons. The fraction of sp³-hybridized carbons (Fsp3) is 0.118. The van der Waals surface area contributed by atoms with E-state index in [4.69, 9.17) is 0 Å². The van der Waals surface area contributed by atoms with Crippen molar-refractivity contribution in [2.24, 2.45) is 0 Å². The average molecular weight is 518 g/mol. The van der Waals surface area contributed by atoms with Crippen molar-refractivity contribution in [2.45, 2.75) is 26.7 Å². The van der Waals surface area contributed by atoms with Crippen LogP contribution in [0.2, 0.25) is 0 Å². The summed E-state index contributed by atoms with van der Waals surface area (Å²) >= 11 is 0. The van der Waals surface area contributed by atoms with E-state index in [-0.39, 0.29) is 0 Å². The molecule has 5 aromatic carbocycles. The van der Waals surface area contributed by atoms with Gasteiger partial charge in [-0.05, 0) is 24.0 Å². The molecule has 0 bridgehead atoms. The molecule has 0 aromatic heterocycles. The Hall–Kier alpha value is -3.24. The predicted molar refractivity (Wildman–Crippen MR) is 166 cm³/mol. The molecule has 0 atom stereocenters. The maximum atomic E-state index is 2.83. The largest absolute Gasteiger partial charge is 0.312 e. The second-order valence-electron chi connectivity index (χ2n) is 8.89. The quantitative estimate of drug-likeness (QED) is 0.181. The molecule has 0 saturated carbocycles. The SMILES string of the molecule is CCc1cccc(CC)c1N(P(c1ccccc1)c1ccccc1)P(c1ccccc1)c1ccccc1. The van der Waals surface area contributed by atoms with Crippen molar-refractivity contribution in [1.29, 1.82) is 0 Å². The molecule has 0 N–H and O–H groups in total. The van der Waals surface area contributed by atoms with E-state index >= 15 is 0 Å². The molecule has 0 spiro atoms. The standard InChI is InChI=1S/C34H33NP2/c1-3-28-18-17-19-29(4-2)34(28)35(36(30-20-9-5-10-21-30)31-22-11-6-12-23-31)37(32-24-13-7-14-25-32)33-26-15-8-16-27-33/h5-27H,3-4H2,1-2H3. The number of nitrogens with zero attached hydrogens (tertiary/aromatic N) is 1. The second-order valence-corrected chi connectivity index (χ2v) is 13.3. The zero-order chi connectivity index (χ0) is 25.5. The van der Waals surface area contributed by atoms with Crippen molar-refractivity contribution in [3.05, 3.63) is 151 Å². The van der Waals surface area contributed by atoms with Crippen LogP contribution in [0.4, 0.5) is 5.69 Å². The van der Waals surface area contributed by atoms with Gasteiger partial charge in [-0.25, -0.2) is 0 Å². The molecule has 0 aliphatic heterocycles. The Morgan fingerprint density at radius 2 is 0.703 bits per heavy atom. The Kier molecular flexibility index (Phi) is 8.47. The lowest BCUT2D eigenvalue weighted by Crippen LogP contribution is -2.32. The molecular formula is C34H33NP2. The van der Waals surface area contributed by atoms with Crippen molar-refractivity contribution in [1.82, 2.24) is 0 Å². The van der Waals surface area contributed by atoms with Crippen LogP contribution in [0.1, 0.15) is 25.0 Å². The molecule has 0 saturated heterocycles. The first-order valence-corrected chi connectivity index (χ1v) is 15.6. The Bertz CT molecular complexity index is 1210. The van der Waals surface area contributed by atoms with Crippen LogP contribution in [0.15, 0.2) is 140 Å². The van der Waals surface area contributed by atoms with Gasteiger partial charge in [-0.15, -0.1) is 0 Å². The molecule has 0 aliphatic rings. The summed E-state index contributed by atoms with van der Waals surface area (Å²) in [7, 11) is -1.72. The van der Waals surface area contributed by atoms with E-state index in [1.165, 1.54) is 38.0 Å². The lowest BCUT2D eigenvalue weighted by Gasteiger charge is -2.42. The third-order valence-corrected chi connectivity index (χ3v) is 11.9. The highest BCUT2D eigenvalue weighted by Crippen LogP contribution is 2.58. The smallest absolute Gasteiger partial charge is 0.0590 e. The van der Waals surface area contributed by atoms with Crippen molar-refractivity contribution < 1.29 is 0 Å². The highest BCUT2D eigenvalue weighted by molar-refractivity contribution is 7.90. The van der Waals surface area contributed by atoms with E-state index in [1.54, 1.807) is 0 Å². The Morgan fingerprint density at radius 1 is 0.405 bits per heavy atom. The molecule has 1 nitrogen and oxygen atoms in total. The minimum Gasteiger partial charge on any atom is -0.312 e. The van der Waals surface area contributed by atoms with Gasteiger partial charge in [0.25, 0.3) is 0 Å². The van der Waals surface area contributed by atoms with Crippen molar-refractivity contribution in [2.75, 3.05) is 4.44 Å². The van der Waals surface area contributed by atoms with Crippen LogP contribution in [0.5, 0.6) is 0 Å². The monoisotopic (exact) mass is 517 g/mol. The maximum Gasteiger partial charge on any atom is 0.0590 e. The van der Waals surface area contributed by atoms with Crippen molar-refractivity contribution in [3.8, 4) is 0 Å². The summed E-state index contributed by atoms with van der Waals surface area (Å²) in [5.41, 5.74) is 4.24. The zero-order valence-electron chi connectivity index (χ0n) is 21.5. The first-order chi connectivity index (χ1) is 18.3. The predicted octanol–water partition coefficient (Wildman–Crippen LogP) is 7.71. The van der Waals surface area contributed by atoms with Crippen LogP contribution >= 0.6 is 16.1 Å². The van der Waals surface area contributed by atoms with Gasteiger partial charge in [0.05, 0.1) is 21.8 Å². The summed E-state index contributed by atoms with van der Waals surface area (Å²) in [5, 5.41) is 5.49. The number of aryl methyl sites for hydroxylation is 2. The Labute approximate surface area is 224 Å². The molecule has 0 amide bonds. The van der Waals surface area contributed by atoms with Crippen LogP contribution in [0.3, 0.4) is 0 Å². The summed E-state index contributed by atoms with van der Waals surface area (Å²) < 4.78 is 2.83. The summed E-state index contributed by atoms with van der Waals surface area (Å²) in [5.74, 6) is 0. The van der Waals surface area contributed by atoms with Crippen LogP contribution in [-0.4, -0.2) is 0 Å². The molecule has 5 aromatic rings. The summed E-state index contributed by atoms with van der Waals surface area (Å²) in [6.07, 6.45) is 2.00. The van der Waals surface area contributed by atoms with Crippen LogP contribution in [-0.2, 0) is 12.8 Å². The second kappa shape index (κ2) is 12.3. The molecular weight excluding hydrogens is 484 g/mol. The van der Waals surface area contributed by atoms with Crippen molar-refractivity contribution >= 4 is 43.1 Å². The first kappa shape index (κ1) is 25.4. The van der Waals surface area contributed by atoms with Gasteiger partial charge in [0.15, 0.2) is 0 Å². The zero-order valence-corrected chi connectivity index (χ0v) is 23.3. The third-order valence-electron chi connectivity index (χ3n) is 6.55. The van der Waals surface area contributed by atoms with E-state index in [0.717, 1.165) is 12.8 Å². The highest BCUT2D eigenvalue weighted by atomic mass is 31.2. The summed E-state index contributed by atoms with van der Waals surface area (Å²) in [4.78, 5) is 0. The fourth-order valence-electron chi connectivity index (χ4n) is 4.77. The Balaban J connectivity index is 1.88. The molecule has 5 rings (SSSR count). The van der Waals surface area contributed by atoms with Gasteiger partial charge in [0.1, 0.15) is 0 Å². The number of hydrogen-bond donors (Lipinski definition) is 0. The van der Waals surface area contributed by atoms with Gasteiger partial charge < -0.3 is 4.44 Å². The topological polar surface area (TPSA) is 3.24 Å². The van der Waals surface area contributed by atoms with Gasteiger partial charge in [-0.3, -0.25) is 0 Å². The maximum absolute atomic E-state index is 2.83. The molecule has 3 heteroatoms. The van der Waals surface area contributed by atoms with Gasteiger partial charge in [0.2, 0.25) is 0 Å². The van der Waals surface area contributed by atoms with Crippen LogP contribution in [0.25, 0.3) is 0 Å². The first-order valence-electron chi connectivity index (χ1n) is 13.0. The Morgan fingerprint density at radius 3 is 0.973 bits per heavy atom. The van der Waals surface area contributed by atoms with E-state index in [0.29, 0.717) is 0 Å². The van der Waals surface area contributed by atoms with E-state index in [2.05, 4.69) is 158 Å². The molecule has 0 heterocycles. The van der Waals surface area contributed by atoms with Crippen molar-refractivity contribution in [3.63, 3.8) is 0 Å². The minimum absolute atomic E-state index is 0.859. The van der Waals surface area contributed by atoms with Gasteiger partial charge in [0, 0.05) is 21.2 Å². The molecule has 184 valence electrons. The lowest BCUT2D eigenvalue weighted by atomic mass is 10.0. The summed E-state index contributed by atoms with van der Waals surface area (Å²) in [6.45, 7) is 4.58. The van der Waals surface area contributed by atoms with Crippen LogP contribution < -0.4 is 25.7 Å². The normalized spacial score (nSPS) is 11.1. The number of benzene rings is 5. The molecule has 0 aliphatic carbocycles. The minimum atomic E-state index is -0.859. The van der Waals surface area contributed by atoms with Gasteiger partial charge >= 0.3 is 0 Å². The molecule has 37 heavy (non-hydrogen) atoms. The van der Waals surface area contributed by atoms with Gasteiger partial charge in [-0.1, -0.05) is 153 Å². The third kappa shape index (κ3) is 5.55. The number of hydrogen-bond acceptors (Lipinski definition) is 1. The number of rotatable bonds is 9. The lowest BCUT2D eigenvalue weighted by molar-refractivity contribution is 1.08. The number of para-hydroxylation sites is 1. The highest BCUT2D eigenvalue weighted by Gasteiger charge is 2.34. The number of anilines is 1. The molecule has 0 unspecified atom stereocenters. The fourth-order valence-corrected chi connectivity index (χ4v) is 10.9. The van der Waals surface area contributed by atoms with E-state index in [9.17, 15) is 0 Å². The van der Waals surface area contributed by atoms with E-state index < -0.39 is 16.1 Å². The van der Waals surface area contributed by atoms with E-state index in [1.807, 2.05) is 0 Å². The summed E-state index contributed by atoms with van der Waals surface area (Å²) in [6, 6.07) is 51.4. The van der Waals surface area contributed by atoms with Gasteiger partial charge in [-0.2, -0.15) is 0 Å².